The van der Waals surface area contributed by atoms with E-state index < -0.39 is 10.0 Å². The normalized spacial score (nSPS) is 13.3. The van der Waals surface area contributed by atoms with E-state index in [0.29, 0.717) is 23.5 Å². The highest BCUT2D eigenvalue weighted by atomic mass is 32.2. The monoisotopic (exact) mass is 390 g/mol. The zero-order valence-electron chi connectivity index (χ0n) is 15.3. The number of hydrogen-bond acceptors (Lipinski definition) is 5. The van der Waals surface area contributed by atoms with Crippen molar-refractivity contribution in [2.75, 3.05) is 37.0 Å². The summed E-state index contributed by atoms with van der Waals surface area (Å²) in [5.41, 5.74) is 2.82. The summed E-state index contributed by atoms with van der Waals surface area (Å²) in [5, 5.41) is 0. The first-order valence-corrected chi connectivity index (χ1v) is 10.1. The maximum Gasteiger partial charge on any atom is 0.252 e. The molecule has 27 heavy (non-hydrogen) atoms. The number of hydrogen-bond donors (Lipinski definition) is 1. The van der Waals surface area contributed by atoms with E-state index in [1.807, 2.05) is 6.07 Å². The molecule has 3 rings (SSSR count). The molecule has 0 aliphatic carbocycles. The average molecular weight is 390 g/mol. The van der Waals surface area contributed by atoms with Gasteiger partial charge in [-0.05, 0) is 41.8 Å². The van der Waals surface area contributed by atoms with Gasteiger partial charge in [-0.25, -0.2) is 8.42 Å². The Balaban J connectivity index is 1.75. The van der Waals surface area contributed by atoms with Gasteiger partial charge in [0, 0.05) is 19.3 Å². The van der Waals surface area contributed by atoms with Crippen LogP contribution in [-0.4, -0.2) is 41.7 Å². The maximum absolute atomic E-state index is 12.5. The molecule has 2 aromatic rings. The van der Waals surface area contributed by atoms with E-state index in [9.17, 15) is 13.2 Å². The third kappa shape index (κ3) is 4.58. The quantitative estimate of drug-likeness (QED) is 0.783. The van der Waals surface area contributed by atoms with E-state index in [-0.39, 0.29) is 18.3 Å². The fraction of sp³-hybridized carbons (Fsp3) is 0.316. The molecule has 7 nitrogen and oxygen atoms in total. The molecule has 0 saturated heterocycles. The molecule has 0 fully saturated rings. The third-order valence-electron chi connectivity index (χ3n) is 4.34. The molecule has 0 aromatic heterocycles. The molecule has 144 valence electrons. The van der Waals surface area contributed by atoms with Crippen LogP contribution in [0.25, 0.3) is 0 Å². The number of rotatable bonds is 7. The van der Waals surface area contributed by atoms with Gasteiger partial charge in [-0.2, -0.15) is 0 Å². The van der Waals surface area contributed by atoms with Crippen molar-refractivity contribution in [1.29, 1.82) is 0 Å². The van der Waals surface area contributed by atoms with Gasteiger partial charge in [-0.1, -0.05) is 18.2 Å². The molecule has 1 heterocycles. The molecule has 1 N–H and O–H groups in total. The molecule has 0 radical (unpaired) electrons. The lowest BCUT2D eigenvalue weighted by atomic mass is 10.1. The summed E-state index contributed by atoms with van der Waals surface area (Å²) in [4.78, 5) is 13.8. The topological polar surface area (TPSA) is 84.9 Å². The summed E-state index contributed by atoms with van der Waals surface area (Å²) in [7, 11) is -0.563. The van der Waals surface area contributed by atoms with Crippen LogP contribution in [-0.2, 0) is 31.7 Å². The van der Waals surface area contributed by atoms with Gasteiger partial charge < -0.3 is 14.4 Å². The van der Waals surface area contributed by atoms with Gasteiger partial charge in [0.25, 0.3) is 5.91 Å². The molecule has 0 spiro atoms. The molecule has 2 aromatic carbocycles. The van der Waals surface area contributed by atoms with Crippen LogP contribution in [0.1, 0.15) is 11.1 Å². The summed E-state index contributed by atoms with van der Waals surface area (Å²) in [6.07, 6.45) is 0.740. The molecule has 1 aliphatic heterocycles. The second-order valence-corrected chi connectivity index (χ2v) is 8.00. The van der Waals surface area contributed by atoms with E-state index in [0.717, 1.165) is 17.7 Å². The standard InChI is InChI=1S/C19H22N2O5S/c1-25-12-19(22)21-10-9-15-5-6-16(11-18(15)21)20-27(23,24)13-14-3-7-17(26-2)8-4-14/h3-8,11,20H,9-10,12-13H2,1-2H3. The van der Waals surface area contributed by atoms with Crippen molar-refractivity contribution in [3.05, 3.63) is 53.6 Å². The Morgan fingerprint density at radius 3 is 2.56 bits per heavy atom. The zero-order valence-corrected chi connectivity index (χ0v) is 16.1. The fourth-order valence-corrected chi connectivity index (χ4v) is 4.25. The van der Waals surface area contributed by atoms with Crippen LogP contribution in [0, 0.1) is 0 Å². The highest BCUT2D eigenvalue weighted by molar-refractivity contribution is 7.91. The van der Waals surface area contributed by atoms with E-state index in [1.165, 1.54) is 7.11 Å². The first-order chi connectivity index (χ1) is 12.9. The smallest absolute Gasteiger partial charge is 0.252 e. The second-order valence-electron chi connectivity index (χ2n) is 6.28. The predicted octanol–water partition coefficient (Wildman–Crippen LogP) is 2.17. The minimum atomic E-state index is -3.59. The van der Waals surface area contributed by atoms with Gasteiger partial charge in [0.1, 0.15) is 12.4 Å². The van der Waals surface area contributed by atoms with Crippen LogP contribution in [0.5, 0.6) is 5.75 Å². The minimum absolute atomic E-state index is 0.00708. The Labute approximate surface area is 158 Å². The van der Waals surface area contributed by atoms with Crippen LogP contribution in [0.3, 0.4) is 0 Å². The summed E-state index contributed by atoms with van der Waals surface area (Å²) in [6.45, 7) is 0.562. The lowest BCUT2D eigenvalue weighted by Crippen LogP contribution is -2.32. The Morgan fingerprint density at radius 1 is 1.15 bits per heavy atom. The van der Waals surface area contributed by atoms with Gasteiger partial charge in [0.05, 0.1) is 18.6 Å². The summed E-state index contributed by atoms with van der Waals surface area (Å²) in [6, 6.07) is 12.1. The molecule has 0 saturated carbocycles. The summed E-state index contributed by atoms with van der Waals surface area (Å²) < 4.78 is 37.6. The van der Waals surface area contributed by atoms with E-state index in [2.05, 4.69) is 4.72 Å². The van der Waals surface area contributed by atoms with Crippen molar-refractivity contribution in [2.24, 2.45) is 0 Å². The molecule has 0 bridgehead atoms. The number of nitrogens with one attached hydrogen (secondary N) is 1. The fourth-order valence-electron chi connectivity index (χ4n) is 3.06. The van der Waals surface area contributed by atoms with Crippen molar-refractivity contribution in [3.63, 3.8) is 0 Å². The van der Waals surface area contributed by atoms with Crippen LogP contribution in [0.4, 0.5) is 11.4 Å². The molecular formula is C19H22N2O5S. The first kappa shape index (κ1) is 19.2. The molecular weight excluding hydrogens is 368 g/mol. The maximum atomic E-state index is 12.5. The van der Waals surface area contributed by atoms with Crippen LogP contribution in [0.15, 0.2) is 42.5 Å². The van der Waals surface area contributed by atoms with Gasteiger partial charge in [-0.15, -0.1) is 0 Å². The Bertz CT molecular complexity index is 926. The summed E-state index contributed by atoms with van der Waals surface area (Å²) in [5.74, 6) is 0.374. The highest BCUT2D eigenvalue weighted by Gasteiger charge is 2.25. The minimum Gasteiger partial charge on any atom is -0.497 e. The number of nitrogens with zero attached hydrogens (tertiary/aromatic N) is 1. The van der Waals surface area contributed by atoms with Crippen molar-refractivity contribution in [3.8, 4) is 5.75 Å². The Kier molecular flexibility index (Phi) is 5.67. The van der Waals surface area contributed by atoms with Gasteiger partial charge in [0.15, 0.2) is 0 Å². The van der Waals surface area contributed by atoms with Crippen LogP contribution in [0.2, 0.25) is 0 Å². The number of amides is 1. The predicted molar refractivity (Wildman–Crippen MR) is 104 cm³/mol. The van der Waals surface area contributed by atoms with E-state index in [1.54, 1.807) is 48.4 Å². The average Bonchev–Trinajstić information content (AvgIpc) is 3.05. The third-order valence-corrected chi connectivity index (χ3v) is 5.60. The highest BCUT2D eigenvalue weighted by Crippen LogP contribution is 2.31. The van der Waals surface area contributed by atoms with Crippen molar-refractivity contribution in [2.45, 2.75) is 12.2 Å². The molecule has 0 atom stereocenters. The SMILES string of the molecule is COCC(=O)N1CCc2ccc(NS(=O)(=O)Cc3ccc(OC)cc3)cc21. The number of benzene rings is 2. The zero-order chi connectivity index (χ0) is 19.4. The van der Waals surface area contributed by atoms with Gasteiger partial charge in [0.2, 0.25) is 10.0 Å². The van der Waals surface area contributed by atoms with Gasteiger partial charge >= 0.3 is 0 Å². The van der Waals surface area contributed by atoms with Gasteiger partial charge in [-0.3, -0.25) is 9.52 Å². The largest absolute Gasteiger partial charge is 0.497 e. The Hall–Kier alpha value is -2.58. The lowest BCUT2D eigenvalue weighted by molar-refractivity contribution is -0.122. The first-order valence-electron chi connectivity index (χ1n) is 8.47. The van der Waals surface area contributed by atoms with Crippen LogP contribution >= 0.6 is 0 Å². The molecule has 1 aliphatic rings. The van der Waals surface area contributed by atoms with E-state index in [4.69, 9.17) is 9.47 Å². The van der Waals surface area contributed by atoms with Crippen molar-refractivity contribution in [1.82, 2.24) is 0 Å². The van der Waals surface area contributed by atoms with Crippen LogP contribution < -0.4 is 14.4 Å². The molecule has 8 heteroatoms. The van der Waals surface area contributed by atoms with Crippen molar-refractivity contribution >= 4 is 27.3 Å². The number of ether oxygens (including phenoxy) is 2. The number of sulfonamides is 1. The molecule has 1 amide bonds. The number of anilines is 2. The van der Waals surface area contributed by atoms with E-state index >= 15 is 0 Å². The van der Waals surface area contributed by atoms with Crippen molar-refractivity contribution < 1.29 is 22.7 Å². The lowest BCUT2D eigenvalue weighted by Gasteiger charge is -2.18. The number of methoxy groups -OCH3 is 2. The molecule has 0 unspecified atom stereocenters. The second kappa shape index (κ2) is 7.98. The Morgan fingerprint density at radius 2 is 1.89 bits per heavy atom. The number of carbonyl (C=O) groups excluding carboxylic acids is 1. The number of carbonyl (C=O) groups is 1. The number of fused-ring (bicyclic) bond motifs is 1. The summed E-state index contributed by atoms with van der Waals surface area (Å²) >= 11 is 0.